The van der Waals surface area contributed by atoms with Crippen molar-refractivity contribution in [2.75, 3.05) is 5.32 Å². The van der Waals surface area contributed by atoms with E-state index in [4.69, 9.17) is 5.73 Å². The minimum atomic E-state index is -0.577. The number of anilines is 1. The molecule has 0 saturated carbocycles. The Balaban J connectivity index is 2.82. The molecule has 0 bridgehead atoms. The average molecular weight is 324 g/mol. The highest BCUT2D eigenvalue weighted by Gasteiger charge is 2.11. The van der Waals surface area contributed by atoms with Gasteiger partial charge in [-0.2, -0.15) is 0 Å². The Morgan fingerprint density at radius 3 is 2.79 bits per heavy atom. The van der Waals surface area contributed by atoms with Crippen molar-refractivity contribution in [3.8, 4) is 0 Å². The molecule has 5 nitrogen and oxygen atoms in total. The minimum Gasteiger partial charge on any atom is -0.320 e. The van der Waals surface area contributed by atoms with Gasteiger partial charge in [0, 0.05) is 0 Å². The molecule has 76 valence electrons. The molecule has 0 aliphatic rings. The average Bonchev–Trinajstić information content (AvgIpc) is 2.09. The van der Waals surface area contributed by atoms with Gasteiger partial charge in [-0.3, -0.25) is 4.79 Å². The van der Waals surface area contributed by atoms with Crippen LogP contribution in [0.25, 0.3) is 0 Å². The monoisotopic (exact) mass is 322 g/mol. The van der Waals surface area contributed by atoms with Gasteiger partial charge in [0.25, 0.3) is 0 Å². The molecule has 14 heavy (non-hydrogen) atoms. The summed E-state index contributed by atoms with van der Waals surface area (Å²) in [4.78, 5) is 19.2. The number of nitrogens with one attached hydrogen (secondary N) is 1. The molecule has 0 spiro atoms. The Bertz CT molecular complexity index is 356. The maximum absolute atomic E-state index is 11.2. The predicted molar refractivity (Wildman–Crippen MR) is 59.7 cm³/mol. The molecule has 0 aromatic carbocycles. The van der Waals surface area contributed by atoms with Gasteiger partial charge in [0.2, 0.25) is 5.91 Å². The summed E-state index contributed by atoms with van der Waals surface area (Å²) < 4.78 is 1.05. The van der Waals surface area contributed by atoms with E-state index >= 15 is 0 Å². The Hall–Kier alpha value is -0.530. The summed E-state index contributed by atoms with van der Waals surface area (Å²) in [6.07, 6.45) is 1.49. The summed E-state index contributed by atoms with van der Waals surface area (Å²) in [7, 11) is 0. The molecule has 1 heterocycles. The highest BCUT2D eigenvalue weighted by Crippen LogP contribution is 2.19. The molecule has 0 fully saturated rings. The Kier molecular flexibility index (Phi) is 3.97. The van der Waals surface area contributed by atoms with Gasteiger partial charge in [-0.05, 0) is 38.8 Å². The van der Waals surface area contributed by atoms with Gasteiger partial charge in [0.05, 0.1) is 12.2 Å². The van der Waals surface area contributed by atoms with E-state index in [-0.39, 0.29) is 5.91 Å². The van der Waals surface area contributed by atoms with Crippen LogP contribution in [0.2, 0.25) is 0 Å². The fourth-order valence-corrected chi connectivity index (χ4v) is 1.57. The number of hydrogen-bond donors (Lipinski definition) is 2. The fraction of sp³-hybridized carbons (Fsp3) is 0.286. The van der Waals surface area contributed by atoms with Crippen molar-refractivity contribution in [1.82, 2.24) is 9.97 Å². The topological polar surface area (TPSA) is 80.9 Å². The van der Waals surface area contributed by atoms with Crippen molar-refractivity contribution in [2.45, 2.75) is 13.0 Å². The third-order valence-electron chi connectivity index (χ3n) is 1.36. The molecule has 0 aliphatic carbocycles. The molecule has 1 aromatic rings. The number of nitrogens with zero attached hydrogens (tertiary/aromatic N) is 2. The lowest BCUT2D eigenvalue weighted by Gasteiger charge is -2.07. The standard InChI is InChI=1S/C7H8Br2N4O/c1-3(10)7(14)13-6-5(9)12-4(8)2-11-6/h2-3H,10H2,1H3,(H,11,13,14)/t3-/m1/s1. The first-order valence-electron chi connectivity index (χ1n) is 3.75. The van der Waals surface area contributed by atoms with E-state index in [1.165, 1.54) is 6.20 Å². The Morgan fingerprint density at radius 1 is 1.64 bits per heavy atom. The lowest BCUT2D eigenvalue weighted by molar-refractivity contribution is -0.117. The maximum atomic E-state index is 11.2. The van der Waals surface area contributed by atoms with E-state index in [2.05, 4.69) is 47.1 Å². The predicted octanol–water partition coefficient (Wildman–Crippen LogP) is 1.29. The van der Waals surface area contributed by atoms with Crippen LogP contribution in [0.1, 0.15) is 6.92 Å². The van der Waals surface area contributed by atoms with Crippen LogP contribution >= 0.6 is 31.9 Å². The highest BCUT2D eigenvalue weighted by atomic mass is 79.9. The highest BCUT2D eigenvalue weighted by molar-refractivity contribution is 9.11. The first-order valence-corrected chi connectivity index (χ1v) is 5.34. The van der Waals surface area contributed by atoms with Gasteiger partial charge < -0.3 is 11.1 Å². The van der Waals surface area contributed by atoms with Gasteiger partial charge in [-0.25, -0.2) is 9.97 Å². The van der Waals surface area contributed by atoms with Crippen molar-refractivity contribution in [2.24, 2.45) is 5.73 Å². The van der Waals surface area contributed by atoms with Crippen molar-refractivity contribution in [1.29, 1.82) is 0 Å². The van der Waals surface area contributed by atoms with Crippen LogP contribution in [0, 0.1) is 0 Å². The first kappa shape index (κ1) is 11.5. The molecule has 1 amide bonds. The Labute approximate surface area is 97.8 Å². The largest absolute Gasteiger partial charge is 0.320 e. The molecule has 1 aromatic heterocycles. The van der Waals surface area contributed by atoms with Crippen LogP contribution in [0.3, 0.4) is 0 Å². The maximum Gasteiger partial charge on any atom is 0.242 e. The number of aromatic nitrogens is 2. The van der Waals surface area contributed by atoms with Gasteiger partial charge in [0.1, 0.15) is 9.21 Å². The molecule has 3 N–H and O–H groups in total. The van der Waals surface area contributed by atoms with E-state index < -0.39 is 6.04 Å². The SMILES string of the molecule is C[C@@H](N)C(=O)Nc1ncc(Br)nc1Br. The molecule has 0 radical (unpaired) electrons. The minimum absolute atomic E-state index is 0.303. The van der Waals surface area contributed by atoms with Crippen molar-refractivity contribution in [3.63, 3.8) is 0 Å². The quantitative estimate of drug-likeness (QED) is 0.859. The lowest BCUT2D eigenvalue weighted by atomic mass is 10.3. The number of rotatable bonds is 2. The molecular weight excluding hydrogens is 316 g/mol. The molecule has 1 rings (SSSR count). The van der Waals surface area contributed by atoms with E-state index in [9.17, 15) is 4.79 Å². The van der Waals surface area contributed by atoms with Crippen molar-refractivity contribution in [3.05, 3.63) is 15.4 Å². The van der Waals surface area contributed by atoms with E-state index in [1.54, 1.807) is 6.92 Å². The van der Waals surface area contributed by atoms with Gasteiger partial charge >= 0.3 is 0 Å². The van der Waals surface area contributed by atoms with Crippen LogP contribution in [0.5, 0.6) is 0 Å². The number of halogens is 2. The summed E-state index contributed by atoms with van der Waals surface area (Å²) in [5.74, 6) is 0.0535. The van der Waals surface area contributed by atoms with Crippen LogP contribution < -0.4 is 11.1 Å². The van der Waals surface area contributed by atoms with Gasteiger partial charge in [-0.15, -0.1) is 0 Å². The third kappa shape index (κ3) is 3.00. The van der Waals surface area contributed by atoms with Gasteiger partial charge in [-0.1, -0.05) is 0 Å². The zero-order valence-electron chi connectivity index (χ0n) is 7.29. The zero-order valence-corrected chi connectivity index (χ0v) is 10.5. The Morgan fingerprint density at radius 2 is 2.29 bits per heavy atom. The van der Waals surface area contributed by atoms with Crippen LogP contribution in [0.15, 0.2) is 15.4 Å². The van der Waals surface area contributed by atoms with E-state index in [1.807, 2.05) is 0 Å². The van der Waals surface area contributed by atoms with Crippen molar-refractivity contribution >= 4 is 43.6 Å². The molecular formula is C7H8Br2N4O. The lowest BCUT2D eigenvalue weighted by Crippen LogP contribution is -2.32. The second-order valence-electron chi connectivity index (χ2n) is 2.61. The second-order valence-corrected chi connectivity index (χ2v) is 4.17. The van der Waals surface area contributed by atoms with E-state index in [0.29, 0.717) is 15.0 Å². The second kappa shape index (κ2) is 4.81. The van der Waals surface area contributed by atoms with Gasteiger partial charge in [0.15, 0.2) is 5.82 Å². The molecule has 1 atom stereocenters. The number of nitrogens with two attached hydrogens (primary N) is 1. The van der Waals surface area contributed by atoms with E-state index in [0.717, 1.165) is 0 Å². The molecule has 0 saturated heterocycles. The number of carbonyl (C=O) groups is 1. The summed E-state index contributed by atoms with van der Waals surface area (Å²) >= 11 is 6.32. The van der Waals surface area contributed by atoms with Crippen LogP contribution in [-0.2, 0) is 4.79 Å². The zero-order chi connectivity index (χ0) is 10.7. The molecule has 0 aliphatic heterocycles. The van der Waals surface area contributed by atoms with Crippen LogP contribution in [-0.4, -0.2) is 21.9 Å². The summed E-state index contributed by atoms with van der Waals surface area (Å²) in [6, 6.07) is -0.577. The normalized spacial score (nSPS) is 12.3. The molecule has 0 unspecified atom stereocenters. The smallest absolute Gasteiger partial charge is 0.242 e. The number of hydrogen-bond acceptors (Lipinski definition) is 4. The number of carbonyl (C=O) groups excluding carboxylic acids is 1. The summed E-state index contributed by atoms with van der Waals surface area (Å²) in [6.45, 7) is 1.59. The van der Waals surface area contributed by atoms with Crippen molar-refractivity contribution < 1.29 is 4.79 Å². The summed E-state index contributed by atoms with van der Waals surface area (Å²) in [5.41, 5.74) is 5.38. The molecule has 7 heteroatoms. The first-order chi connectivity index (χ1) is 6.50. The number of amides is 1. The van der Waals surface area contributed by atoms with Crippen LogP contribution in [0.4, 0.5) is 5.82 Å². The fourth-order valence-electron chi connectivity index (χ4n) is 0.661. The summed E-state index contributed by atoms with van der Waals surface area (Å²) in [5, 5.41) is 2.53. The third-order valence-corrected chi connectivity index (χ3v) is 2.29.